The normalized spacial score (nSPS) is 41.3. The van der Waals surface area contributed by atoms with Crippen LogP contribution in [-0.4, -0.2) is 0 Å². The molecular weight excluding hydrogens is 180 g/mol. The van der Waals surface area contributed by atoms with Crippen LogP contribution in [0.15, 0.2) is 11.6 Å². The summed E-state index contributed by atoms with van der Waals surface area (Å²) in [6, 6.07) is 0. The summed E-state index contributed by atoms with van der Waals surface area (Å²) in [6.45, 7) is 9.65. The summed E-state index contributed by atoms with van der Waals surface area (Å²) in [4.78, 5) is 0. The highest BCUT2D eigenvalue weighted by Crippen LogP contribution is 2.46. The highest BCUT2D eigenvalue weighted by atomic mass is 14.4. The summed E-state index contributed by atoms with van der Waals surface area (Å²) in [6.07, 6.45) is 8.39. The van der Waals surface area contributed by atoms with E-state index in [9.17, 15) is 0 Å². The van der Waals surface area contributed by atoms with Crippen LogP contribution in [0.1, 0.15) is 53.4 Å². The largest absolute Gasteiger partial charge is 0.0814 e. The molecule has 2 aliphatic carbocycles. The zero-order valence-electron chi connectivity index (χ0n) is 10.8. The summed E-state index contributed by atoms with van der Waals surface area (Å²) in [7, 11) is 0. The lowest BCUT2D eigenvalue weighted by atomic mass is 9.82. The molecule has 0 nitrogen and oxygen atoms in total. The van der Waals surface area contributed by atoms with E-state index in [-0.39, 0.29) is 0 Å². The van der Waals surface area contributed by atoms with Crippen LogP contribution >= 0.6 is 0 Å². The molecule has 0 aliphatic heterocycles. The van der Waals surface area contributed by atoms with E-state index in [0.717, 1.165) is 29.6 Å². The first-order chi connectivity index (χ1) is 7.09. The Kier molecular flexibility index (Phi) is 3.23. The molecule has 1 fully saturated rings. The first kappa shape index (κ1) is 11.2. The van der Waals surface area contributed by atoms with Gasteiger partial charge < -0.3 is 0 Å². The molecule has 0 heterocycles. The third-order valence-corrected chi connectivity index (χ3v) is 4.87. The fraction of sp³-hybridized carbons (Fsp3) is 0.867. The van der Waals surface area contributed by atoms with Gasteiger partial charge in [-0.15, -0.1) is 0 Å². The number of allylic oxidation sites excluding steroid dienone is 2. The fourth-order valence-electron chi connectivity index (χ4n) is 3.63. The average molecular weight is 206 g/mol. The van der Waals surface area contributed by atoms with Gasteiger partial charge in [0, 0.05) is 0 Å². The molecule has 0 spiro atoms. The molecule has 4 atom stereocenters. The number of rotatable bonds is 1. The van der Waals surface area contributed by atoms with Crippen LogP contribution in [-0.2, 0) is 0 Å². The maximum atomic E-state index is 2.66. The van der Waals surface area contributed by atoms with E-state index in [1.165, 1.54) is 25.7 Å². The third-order valence-electron chi connectivity index (χ3n) is 4.87. The first-order valence-electron chi connectivity index (χ1n) is 6.80. The Balaban J connectivity index is 2.22. The summed E-state index contributed by atoms with van der Waals surface area (Å²) >= 11 is 0. The minimum absolute atomic E-state index is 0.767. The molecule has 86 valence electrons. The molecule has 0 saturated heterocycles. The van der Waals surface area contributed by atoms with Crippen LogP contribution in [0.25, 0.3) is 0 Å². The highest BCUT2D eigenvalue weighted by molar-refractivity contribution is 5.13. The van der Waals surface area contributed by atoms with Crippen LogP contribution in [0, 0.1) is 29.6 Å². The van der Waals surface area contributed by atoms with E-state index < -0.39 is 0 Å². The number of hydrogen-bond acceptors (Lipinski definition) is 0. The van der Waals surface area contributed by atoms with Gasteiger partial charge in [0.1, 0.15) is 0 Å². The molecule has 2 aliphatic rings. The Bertz CT molecular complexity index is 249. The Morgan fingerprint density at radius 3 is 2.47 bits per heavy atom. The van der Waals surface area contributed by atoms with Gasteiger partial charge >= 0.3 is 0 Å². The topological polar surface area (TPSA) is 0 Å². The molecule has 0 radical (unpaired) electrons. The van der Waals surface area contributed by atoms with Gasteiger partial charge in [-0.2, -0.15) is 0 Å². The van der Waals surface area contributed by atoms with Crippen molar-refractivity contribution in [1.29, 1.82) is 0 Å². The second kappa shape index (κ2) is 4.31. The summed E-state index contributed by atoms with van der Waals surface area (Å²) in [5, 5.41) is 0. The Hall–Kier alpha value is -0.260. The van der Waals surface area contributed by atoms with Crippen molar-refractivity contribution in [3.8, 4) is 0 Å². The van der Waals surface area contributed by atoms with Crippen molar-refractivity contribution in [3.05, 3.63) is 11.6 Å². The van der Waals surface area contributed by atoms with E-state index >= 15 is 0 Å². The van der Waals surface area contributed by atoms with E-state index in [2.05, 4.69) is 33.8 Å². The molecule has 0 aromatic carbocycles. The van der Waals surface area contributed by atoms with Crippen LogP contribution in [0.3, 0.4) is 0 Å². The quantitative estimate of drug-likeness (QED) is 0.547. The Labute approximate surface area is 95.1 Å². The van der Waals surface area contributed by atoms with Gasteiger partial charge in [-0.05, 0) is 55.3 Å². The molecule has 0 aromatic heterocycles. The maximum Gasteiger partial charge on any atom is -0.0174 e. The SMILES string of the molecule is CC(C)C1=C[C@@H]2[C@@H](CC[C@@H]2C)[C@@H](C)CC1. The molecule has 0 heteroatoms. The zero-order valence-corrected chi connectivity index (χ0v) is 10.8. The molecule has 15 heavy (non-hydrogen) atoms. The standard InChI is InChI=1S/C15H26/c1-10(2)13-7-5-11(3)14-8-6-12(4)15(14)9-13/h9-12,14-15H,5-8H2,1-4H3/t11-,12-,14-,15-/m0/s1. The van der Waals surface area contributed by atoms with Crippen molar-refractivity contribution >= 4 is 0 Å². The second-order valence-corrected chi connectivity index (χ2v) is 6.21. The summed E-state index contributed by atoms with van der Waals surface area (Å²) < 4.78 is 0. The molecular formula is C15H26. The molecule has 0 N–H and O–H groups in total. The number of hydrogen-bond donors (Lipinski definition) is 0. The van der Waals surface area contributed by atoms with Gasteiger partial charge in [-0.25, -0.2) is 0 Å². The lowest BCUT2D eigenvalue weighted by Crippen LogP contribution is -2.16. The van der Waals surface area contributed by atoms with Gasteiger partial charge in [0.2, 0.25) is 0 Å². The minimum Gasteiger partial charge on any atom is -0.0814 e. The summed E-state index contributed by atoms with van der Waals surface area (Å²) in [5.41, 5.74) is 1.74. The smallest absolute Gasteiger partial charge is 0.0174 e. The third kappa shape index (κ3) is 2.14. The number of fused-ring (bicyclic) bond motifs is 1. The lowest BCUT2D eigenvalue weighted by molar-refractivity contribution is 0.289. The highest BCUT2D eigenvalue weighted by Gasteiger charge is 2.36. The van der Waals surface area contributed by atoms with E-state index in [4.69, 9.17) is 0 Å². The Morgan fingerprint density at radius 1 is 1.07 bits per heavy atom. The molecule has 0 amide bonds. The van der Waals surface area contributed by atoms with Crippen LogP contribution in [0.2, 0.25) is 0 Å². The maximum absolute atomic E-state index is 2.66. The van der Waals surface area contributed by atoms with Gasteiger partial charge in [-0.3, -0.25) is 0 Å². The van der Waals surface area contributed by atoms with Crippen LogP contribution in [0.5, 0.6) is 0 Å². The predicted octanol–water partition coefficient (Wildman–Crippen LogP) is 4.66. The van der Waals surface area contributed by atoms with Crippen molar-refractivity contribution in [1.82, 2.24) is 0 Å². The Morgan fingerprint density at radius 2 is 1.80 bits per heavy atom. The molecule has 0 aromatic rings. The van der Waals surface area contributed by atoms with Crippen molar-refractivity contribution < 1.29 is 0 Å². The monoisotopic (exact) mass is 206 g/mol. The predicted molar refractivity (Wildman–Crippen MR) is 66.7 cm³/mol. The van der Waals surface area contributed by atoms with Gasteiger partial charge in [0.25, 0.3) is 0 Å². The first-order valence-corrected chi connectivity index (χ1v) is 6.80. The van der Waals surface area contributed by atoms with E-state index in [1.807, 2.05) is 0 Å². The molecule has 2 rings (SSSR count). The molecule has 1 saturated carbocycles. The van der Waals surface area contributed by atoms with Crippen LogP contribution < -0.4 is 0 Å². The minimum atomic E-state index is 0.767. The van der Waals surface area contributed by atoms with Crippen molar-refractivity contribution in [3.63, 3.8) is 0 Å². The van der Waals surface area contributed by atoms with Crippen molar-refractivity contribution in [2.24, 2.45) is 29.6 Å². The van der Waals surface area contributed by atoms with Crippen LogP contribution in [0.4, 0.5) is 0 Å². The molecule has 0 bridgehead atoms. The van der Waals surface area contributed by atoms with Gasteiger partial charge in [-0.1, -0.05) is 39.3 Å². The fourth-order valence-corrected chi connectivity index (χ4v) is 3.63. The average Bonchev–Trinajstić information content (AvgIpc) is 2.43. The van der Waals surface area contributed by atoms with Crippen molar-refractivity contribution in [2.45, 2.75) is 53.4 Å². The van der Waals surface area contributed by atoms with Crippen molar-refractivity contribution in [2.75, 3.05) is 0 Å². The van der Waals surface area contributed by atoms with E-state index in [1.54, 1.807) is 5.57 Å². The summed E-state index contributed by atoms with van der Waals surface area (Å²) in [5.74, 6) is 4.55. The van der Waals surface area contributed by atoms with E-state index in [0.29, 0.717) is 0 Å². The molecule has 0 unspecified atom stereocenters. The zero-order chi connectivity index (χ0) is 11.0. The second-order valence-electron chi connectivity index (χ2n) is 6.21. The lowest BCUT2D eigenvalue weighted by Gasteiger charge is -2.23. The van der Waals surface area contributed by atoms with Gasteiger partial charge in [0.05, 0.1) is 0 Å². The van der Waals surface area contributed by atoms with Gasteiger partial charge in [0.15, 0.2) is 0 Å².